The first-order chi connectivity index (χ1) is 39.4. The lowest BCUT2D eigenvalue weighted by Crippen LogP contribution is -2.26. The Labute approximate surface area is 468 Å². The molecule has 0 aliphatic carbocycles. The van der Waals surface area contributed by atoms with Crippen molar-refractivity contribution in [1.29, 1.82) is 0 Å². The Balaban J connectivity index is 0.000000189. The van der Waals surface area contributed by atoms with Crippen LogP contribution in [0.15, 0.2) is 161 Å². The minimum absolute atomic E-state index is 0.0283. The Morgan fingerprint density at radius 1 is 0.512 bits per heavy atom. The fourth-order valence-corrected chi connectivity index (χ4v) is 6.93. The van der Waals surface area contributed by atoms with Crippen molar-refractivity contribution in [1.82, 2.24) is 28.2 Å². The summed E-state index contributed by atoms with van der Waals surface area (Å²) in [5, 5.41) is 8.91. The Bertz CT molecular complexity index is 4320. The molecule has 3 aromatic carbocycles. The summed E-state index contributed by atoms with van der Waals surface area (Å²) in [7, 11) is 0. The van der Waals surface area contributed by atoms with Crippen molar-refractivity contribution in [3.63, 3.8) is 0 Å². The van der Waals surface area contributed by atoms with Crippen molar-refractivity contribution < 1.29 is 56.5 Å². The molecule has 1 N–H and O–H groups in total. The van der Waals surface area contributed by atoms with Crippen molar-refractivity contribution >= 4 is 57.8 Å². The van der Waals surface area contributed by atoms with Gasteiger partial charge in [0.15, 0.2) is 5.78 Å². The molecule has 0 aliphatic rings. The Hall–Kier alpha value is -11.0. The zero-order valence-electron chi connectivity index (χ0n) is 43.3. The SMILES string of the molecule is CCCC(=O)c1cnc2cc(C#Cc3cccc(F)c3)ccn2c1=O.CCOC(=O)Cl.CCOC(=O)OC(=O)c1cnc2cc(C#Cc3cccc(F)c3)ccn2c1=O.O=C(O)c1cnc2cc(C#Cc3cccc(F)c3)ccn2c1=O. The predicted molar refractivity (Wildman–Crippen MR) is 293 cm³/mol. The number of aromatic carboxylic acids is 1. The van der Waals surface area contributed by atoms with Crippen LogP contribution in [-0.2, 0) is 14.2 Å². The van der Waals surface area contributed by atoms with E-state index in [1.165, 1.54) is 65.5 Å². The molecular formula is C60H42ClF3N6O12. The molecular weight excluding hydrogens is 1090 g/mol. The molecule has 0 fully saturated rings. The van der Waals surface area contributed by atoms with E-state index in [4.69, 9.17) is 16.7 Å². The van der Waals surface area contributed by atoms with Gasteiger partial charge in [-0.25, -0.2) is 47.3 Å². The van der Waals surface area contributed by atoms with Crippen LogP contribution in [0.25, 0.3) is 16.9 Å². The number of ether oxygens (including phenoxy) is 3. The lowest BCUT2D eigenvalue weighted by atomic mass is 10.1. The van der Waals surface area contributed by atoms with E-state index in [9.17, 15) is 51.5 Å². The second kappa shape index (κ2) is 29.1. The van der Waals surface area contributed by atoms with Gasteiger partial charge in [0.25, 0.3) is 16.7 Å². The summed E-state index contributed by atoms with van der Waals surface area (Å²) in [5.41, 5.74) is 1.07. The third-order valence-electron chi connectivity index (χ3n) is 10.6. The molecule has 412 valence electrons. The molecule has 18 nitrogen and oxygen atoms in total. The maximum Gasteiger partial charge on any atom is 0.516 e. The number of fused-ring (bicyclic) bond motifs is 3. The number of aromatic nitrogens is 6. The van der Waals surface area contributed by atoms with Crippen molar-refractivity contribution in [2.45, 2.75) is 33.6 Å². The number of hydrogen-bond donors (Lipinski definition) is 1. The molecule has 0 saturated carbocycles. The number of nitrogens with zero attached hydrogens (tertiary/aromatic N) is 6. The monoisotopic (exact) mass is 1130 g/mol. The molecule has 22 heteroatoms. The first-order valence-corrected chi connectivity index (χ1v) is 24.6. The molecule has 0 amide bonds. The maximum atomic E-state index is 13.2. The second-order valence-corrected chi connectivity index (χ2v) is 16.7. The fourth-order valence-electron chi connectivity index (χ4n) is 6.82. The summed E-state index contributed by atoms with van der Waals surface area (Å²) >= 11 is 4.72. The molecule has 9 rings (SSSR count). The molecule has 0 saturated heterocycles. The van der Waals surface area contributed by atoms with Crippen LogP contribution in [0, 0.1) is 53.0 Å². The van der Waals surface area contributed by atoms with E-state index in [-0.39, 0.29) is 52.3 Å². The van der Waals surface area contributed by atoms with Crippen molar-refractivity contribution in [3.05, 3.63) is 245 Å². The van der Waals surface area contributed by atoms with Crippen LogP contribution in [-0.4, -0.2) is 75.8 Å². The summed E-state index contributed by atoms with van der Waals surface area (Å²) in [5.74, 6) is 13.3. The van der Waals surface area contributed by atoms with Crippen LogP contribution < -0.4 is 16.7 Å². The number of halogens is 4. The highest BCUT2D eigenvalue weighted by atomic mass is 35.5. The second-order valence-electron chi connectivity index (χ2n) is 16.4. The summed E-state index contributed by atoms with van der Waals surface area (Å²) < 4.78 is 56.1. The normalized spacial score (nSPS) is 9.99. The number of carboxylic acids is 1. The fraction of sp³-hybridized carbons (Fsp3) is 0.117. The van der Waals surface area contributed by atoms with Crippen LogP contribution in [0.3, 0.4) is 0 Å². The number of benzene rings is 3. The highest BCUT2D eigenvalue weighted by molar-refractivity contribution is 6.61. The first kappa shape index (κ1) is 60.3. The zero-order valence-corrected chi connectivity index (χ0v) is 44.1. The lowest BCUT2D eigenvalue weighted by molar-refractivity contribution is 0.0398. The average molecular weight is 1130 g/mol. The molecule has 0 aliphatic heterocycles. The van der Waals surface area contributed by atoms with Gasteiger partial charge in [0.1, 0.15) is 51.1 Å². The largest absolute Gasteiger partial charge is 0.516 e. The van der Waals surface area contributed by atoms with Gasteiger partial charge in [0.05, 0.1) is 13.2 Å². The molecule has 0 bridgehead atoms. The standard InChI is InChI=1S/C20H13FN2O5.C20H15FN2O2.C17H9FN2O3.C3H5ClO2/c1-2-27-20(26)28-19(25)16-12-22-17-11-14(8-9-23(17)18(16)24)7-6-13-4-3-5-15(21)10-13;1-2-4-18(24)17-13-22-19-12-15(9-10-23(19)20(17)25)8-7-14-5-3-6-16(21)11-14;18-13-3-1-2-11(8-13)4-5-12-6-7-20-15(9-12)19-10-14(16(20)21)17(22)23;1-2-6-3(4)5/h3-5,8-12H,2H2,1H3;3,5-6,9-13H,2,4H2,1H3;1-3,6-10H,(H,22,23);2H2,1H3. The summed E-state index contributed by atoms with van der Waals surface area (Å²) in [6.07, 6.45) is 7.50. The average Bonchev–Trinajstić information content (AvgIpc) is 3.63. The van der Waals surface area contributed by atoms with E-state index < -0.39 is 45.8 Å². The molecule has 0 radical (unpaired) electrons. The van der Waals surface area contributed by atoms with E-state index >= 15 is 0 Å². The van der Waals surface area contributed by atoms with Gasteiger partial charge in [-0.2, -0.15) is 0 Å². The smallest absolute Gasteiger partial charge is 0.477 e. The lowest BCUT2D eigenvalue weighted by Gasteiger charge is -2.04. The van der Waals surface area contributed by atoms with Crippen LogP contribution in [0.4, 0.5) is 22.8 Å². The summed E-state index contributed by atoms with van der Waals surface area (Å²) in [6.45, 7) is 5.50. The minimum atomic E-state index is -1.33. The van der Waals surface area contributed by atoms with Gasteiger partial charge in [-0.3, -0.25) is 32.4 Å². The molecule has 0 atom stereocenters. The quantitative estimate of drug-likeness (QED) is 0.0515. The highest BCUT2D eigenvalue weighted by Gasteiger charge is 2.19. The number of pyridine rings is 3. The van der Waals surface area contributed by atoms with Gasteiger partial charge in [0.2, 0.25) is 0 Å². The van der Waals surface area contributed by atoms with Crippen molar-refractivity contribution in [3.8, 4) is 35.5 Å². The zero-order chi connectivity index (χ0) is 59.3. The number of carbonyl (C=O) groups excluding carboxylic acids is 4. The number of hydrogen-bond acceptors (Lipinski definition) is 14. The summed E-state index contributed by atoms with van der Waals surface area (Å²) in [6, 6.07) is 27.3. The van der Waals surface area contributed by atoms with E-state index in [1.54, 1.807) is 86.8 Å². The van der Waals surface area contributed by atoms with E-state index in [1.807, 2.05) is 6.92 Å². The van der Waals surface area contributed by atoms with Gasteiger partial charge >= 0.3 is 23.5 Å². The topological polar surface area (TPSA) is 236 Å². The third-order valence-corrected chi connectivity index (χ3v) is 10.7. The number of esters is 1. The number of Topliss-reactive ketones (excluding diaryl/α,β-unsaturated/α-hetero) is 1. The molecule has 0 spiro atoms. The maximum absolute atomic E-state index is 13.2. The minimum Gasteiger partial charge on any atom is -0.477 e. The molecule has 0 unspecified atom stereocenters. The van der Waals surface area contributed by atoms with Gasteiger partial charge in [0, 0.05) is 88.6 Å². The van der Waals surface area contributed by atoms with Crippen molar-refractivity contribution in [2.75, 3.05) is 13.2 Å². The Kier molecular flexibility index (Phi) is 21.4. The Morgan fingerprint density at radius 3 is 1.21 bits per heavy atom. The molecule has 82 heavy (non-hydrogen) atoms. The number of rotatable bonds is 7. The Morgan fingerprint density at radius 2 is 0.866 bits per heavy atom. The van der Waals surface area contributed by atoms with Crippen LogP contribution >= 0.6 is 11.6 Å². The molecule has 6 heterocycles. The highest BCUT2D eigenvalue weighted by Crippen LogP contribution is 2.10. The van der Waals surface area contributed by atoms with E-state index in [0.717, 1.165) is 21.2 Å². The van der Waals surface area contributed by atoms with Gasteiger partial charge < -0.3 is 19.3 Å². The van der Waals surface area contributed by atoms with Crippen molar-refractivity contribution in [2.24, 2.45) is 0 Å². The van der Waals surface area contributed by atoms with E-state index in [0.29, 0.717) is 58.5 Å². The number of ketones is 1. The van der Waals surface area contributed by atoms with Gasteiger partial charge in [-0.05, 0) is 111 Å². The molecule has 9 aromatic rings. The van der Waals surface area contributed by atoms with Crippen LogP contribution in [0.5, 0.6) is 0 Å². The predicted octanol–water partition coefficient (Wildman–Crippen LogP) is 9.08. The van der Waals surface area contributed by atoms with Crippen LogP contribution in [0.1, 0.15) is 98.1 Å². The van der Waals surface area contributed by atoms with Crippen LogP contribution in [0.2, 0.25) is 0 Å². The number of carboxylic acid groups (broad SMARTS) is 1. The summed E-state index contributed by atoms with van der Waals surface area (Å²) in [4.78, 5) is 105. The van der Waals surface area contributed by atoms with E-state index in [2.05, 4.69) is 64.7 Å². The third kappa shape index (κ3) is 17.0. The first-order valence-electron chi connectivity index (χ1n) is 24.2. The number of carbonyl (C=O) groups is 5. The van der Waals surface area contributed by atoms with Gasteiger partial charge in [-0.15, -0.1) is 0 Å². The van der Waals surface area contributed by atoms with Gasteiger partial charge in [-0.1, -0.05) is 60.6 Å². The molecule has 6 aromatic heterocycles.